The Hall–Kier alpha value is -2.63. The molecule has 0 unspecified atom stereocenters. The number of rotatable bonds is 4. The first-order valence-electron chi connectivity index (χ1n) is 9.49. The highest BCUT2D eigenvalue weighted by Crippen LogP contribution is 2.25. The third-order valence-corrected chi connectivity index (χ3v) is 5.56. The molecule has 1 fully saturated rings. The molecule has 2 heterocycles. The molecular weight excluding hydrogens is 407 g/mol. The largest absolute Gasteiger partial charge is 0.355 e. The van der Waals surface area contributed by atoms with E-state index >= 15 is 0 Å². The van der Waals surface area contributed by atoms with Crippen LogP contribution in [0.25, 0.3) is 11.3 Å². The second-order valence-electron chi connectivity index (χ2n) is 7.04. The SMILES string of the molecule is O=C(Nc1cccc(Cl)c1)C1CCN(c2ccc(-c3ccc(Cl)cc3)nn2)CC1. The van der Waals surface area contributed by atoms with E-state index in [1.165, 1.54) is 0 Å². The number of carbonyl (C=O) groups is 1. The standard InChI is InChI=1S/C22H20Cl2N4O/c23-17-6-4-15(5-7-17)20-8-9-21(27-26-20)28-12-10-16(11-13-28)22(29)25-19-3-1-2-18(24)14-19/h1-9,14,16H,10-13H2,(H,25,29). The number of nitrogens with one attached hydrogen (secondary N) is 1. The van der Waals surface area contributed by atoms with E-state index in [0.29, 0.717) is 10.0 Å². The number of benzene rings is 2. The maximum absolute atomic E-state index is 12.5. The van der Waals surface area contributed by atoms with Crippen LogP contribution in [0.4, 0.5) is 11.5 Å². The van der Waals surface area contributed by atoms with Crippen molar-refractivity contribution in [1.29, 1.82) is 0 Å². The number of anilines is 2. The Bertz CT molecular complexity index is 984. The predicted molar refractivity (Wildman–Crippen MR) is 117 cm³/mol. The number of hydrogen-bond donors (Lipinski definition) is 1. The van der Waals surface area contributed by atoms with E-state index in [-0.39, 0.29) is 11.8 Å². The van der Waals surface area contributed by atoms with Crippen molar-refractivity contribution >= 4 is 40.6 Å². The smallest absolute Gasteiger partial charge is 0.227 e. The lowest BCUT2D eigenvalue weighted by atomic mass is 9.96. The number of aromatic nitrogens is 2. The number of nitrogens with zero attached hydrogens (tertiary/aromatic N) is 3. The molecule has 0 spiro atoms. The number of amides is 1. The van der Waals surface area contributed by atoms with Gasteiger partial charge in [0.15, 0.2) is 5.82 Å². The highest BCUT2D eigenvalue weighted by Gasteiger charge is 2.26. The highest BCUT2D eigenvalue weighted by atomic mass is 35.5. The molecule has 3 aromatic rings. The van der Waals surface area contributed by atoms with E-state index in [9.17, 15) is 4.79 Å². The second-order valence-corrected chi connectivity index (χ2v) is 7.92. The molecule has 0 radical (unpaired) electrons. The Morgan fingerprint density at radius 1 is 0.931 bits per heavy atom. The van der Waals surface area contributed by atoms with E-state index in [1.807, 2.05) is 48.5 Å². The van der Waals surface area contributed by atoms with Gasteiger partial charge < -0.3 is 10.2 Å². The lowest BCUT2D eigenvalue weighted by Crippen LogP contribution is -2.38. The molecule has 5 nitrogen and oxygen atoms in total. The molecule has 29 heavy (non-hydrogen) atoms. The van der Waals surface area contributed by atoms with E-state index in [0.717, 1.165) is 48.7 Å². The minimum atomic E-state index is -0.0217. The van der Waals surface area contributed by atoms with Crippen LogP contribution in [-0.2, 0) is 4.79 Å². The summed E-state index contributed by atoms with van der Waals surface area (Å²) in [4.78, 5) is 14.7. The fourth-order valence-corrected chi connectivity index (χ4v) is 3.77. The van der Waals surface area contributed by atoms with Crippen LogP contribution < -0.4 is 10.2 Å². The summed E-state index contributed by atoms with van der Waals surface area (Å²) in [5.41, 5.74) is 2.51. The average molecular weight is 427 g/mol. The van der Waals surface area contributed by atoms with Crippen molar-refractivity contribution < 1.29 is 4.79 Å². The zero-order chi connectivity index (χ0) is 20.2. The van der Waals surface area contributed by atoms with Crippen molar-refractivity contribution in [2.24, 2.45) is 5.92 Å². The van der Waals surface area contributed by atoms with Crippen LogP contribution in [0.1, 0.15) is 12.8 Å². The van der Waals surface area contributed by atoms with Gasteiger partial charge in [0.2, 0.25) is 5.91 Å². The molecule has 4 rings (SSSR count). The van der Waals surface area contributed by atoms with Gasteiger partial charge in [-0.05, 0) is 55.3 Å². The molecule has 148 valence electrons. The summed E-state index contributed by atoms with van der Waals surface area (Å²) < 4.78 is 0. The second kappa shape index (κ2) is 8.80. The zero-order valence-electron chi connectivity index (χ0n) is 15.7. The summed E-state index contributed by atoms with van der Waals surface area (Å²) in [6.45, 7) is 1.53. The molecular formula is C22H20Cl2N4O. The first kappa shape index (κ1) is 19.7. The number of halogens is 2. The van der Waals surface area contributed by atoms with E-state index in [4.69, 9.17) is 23.2 Å². The lowest BCUT2D eigenvalue weighted by Gasteiger charge is -2.31. The summed E-state index contributed by atoms with van der Waals surface area (Å²) in [6.07, 6.45) is 1.54. The minimum Gasteiger partial charge on any atom is -0.355 e. The summed E-state index contributed by atoms with van der Waals surface area (Å²) in [6, 6.07) is 18.7. The molecule has 1 aliphatic heterocycles. The number of carbonyl (C=O) groups excluding carboxylic acids is 1. The van der Waals surface area contributed by atoms with Crippen molar-refractivity contribution in [2.75, 3.05) is 23.3 Å². The topological polar surface area (TPSA) is 58.1 Å². The van der Waals surface area contributed by atoms with E-state index in [1.54, 1.807) is 12.1 Å². The van der Waals surface area contributed by atoms with Crippen molar-refractivity contribution in [1.82, 2.24) is 10.2 Å². The van der Waals surface area contributed by atoms with Gasteiger partial charge in [0.1, 0.15) is 0 Å². The molecule has 1 N–H and O–H groups in total. The molecule has 0 atom stereocenters. The van der Waals surface area contributed by atoms with Crippen LogP contribution in [0.3, 0.4) is 0 Å². The van der Waals surface area contributed by atoms with Crippen LogP contribution in [0.5, 0.6) is 0 Å². The fourth-order valence-electron chi connectivity index (χ4n) is 3.45. The summed E-state index contributed by atoms with van der Waals surface area (Å²) in [5, 5.41) is 13.0. The van der Waals surface area contributed by atoms with Crippen LogP contribution >= 0.6 is 23.2 Å². The van der Waals surface area contributed by atoms with Gasteiger partial charge in [0.25, 0.3) is 0 Å². The molecule has 1 aliphatic rings. The summed E-state index contributed by atoms with van der Waals surface area (Å²) >= 11 is 11.9. The Morgan fingerprint density at radius 3 is 2.34 bits per heavy atom. The van der Waals surface area contributed by atoms with Gasteiger partial charge in [0.05, 0.1) is 5.69 Å². The highest BCUT2D eigenvalue weighted by molar-refractivity contribution is 6.31. The Morgan fingerprint density at radius 2 is 1.69 bits per heavy atom. The molecule has 1 saturated heterocycles. The van der Waals surface area contributed by atoms with Gasteiger partial charge in [-0.25, -0.2) is 0 Å². The molecule has 0 saturated carbocycles. The van der Waals surface area contributed by atoms with Crippen molar-refractivity contribution in [3.05, 3.63) is 70.7 Å². The quantitative estimate of drug-likeness (QED) is 0.614. The zero-order valence-corrected chi connectivity index (χ0v) is 17.2. The Balaban J connectivity index is 1.34. The third kappa shape index (κ3) is 4.86. The maximum Gasteiger partial charge on any atom is 0.227 e. The third-order valence-electron chi connectivity index (χ3n) is 5.07. The van der Waals surface area contributed by atoms with Gasteiger partial charge in [-0.3, -0.25) is 4.79 Å². The van der Waals surface area contributed by atoms with Crippen molar-refractivity contribution in [3.8, 4) is 11.3 Å². The first-order valence-corrected chi connectivity index (χ1v) is 10.2. The fraction of sp³-hybridized carbons (Fsp3) is 0.227. The van der Waals surface area contributed by atoms with E-state index < -0.39 is 0 Å². The molecule has 1 amide bonds. The minimum absolute atomic E-state index is 0.0217. The van der Waals surface area contributed by atoms with Crippen LogP contribution in [-0.4, -0.2) is 29.2 Å². The van der Waals surface area contributed by atoms with Crippen LogP contribution in [0, 0.1) is 5.92 Å². The van der Waals surface area contributed by atoms with Gasteiger partial charge >= 0.3 is 0 Å². The molecule has 0 aliphatic carbocycles. The predicted octanol–water partition coefficient (Wildman–Crippen LogP) is 5.31. The van der Waals surface area contributed by atoms with Crippen molar-refractivity contribution in [3.63, 3.8) is 0 Å². The molecule has 2 aromatic carbocycles. The molecule has 1 aromatic heterocycles. The first-order chi connectivity index (χ1) is 14.1. The van der Waals surface area contributed by atoms with Crippen LogP contribution in [0.15, 0.2) is 60.7 Å². The van der Waals surface area contributed by atoms with Gasteiger partial charge in [-0.2, -0.15) is 0 Å². The Labute approximate surface area is 179 Å². The normalized spacial score (nSPS) is 14.6. The molecule has 0 bridgehead atoms. The van der Waals surface area contributed by atoms with Gasteiger partial charge in [0, 0.05) is 40.3 Å². The molecule has 7 heteroatoms. The monoisotopic (exact) mass is 426 g/mol. The van der Waals surface area contributed by atoms with Crippen LogP contribution in [0.2, 0.25) is 10.0 Å². The maximum atomic E-state index is 12.5. The Kier molecular flexibility index (Phi) is 5.97. The number of piperidine rings is 1. The summed E-state index contributed by atoms with van der Waals surface area (Å²) in [7, 11) is 0. The van der Waals surface area contributed by atoms with E-state index in [2.05, 4.69) is 20.4 Å². The average Bonchev–Trinajstić information content (AvgIpc) is 2.75. The summed E-state index contributed by atoms with van der Waals surface area (Å²) in [5.74, 6) is 0.846. The van der Waals surface area contributed by atoms with Gasteiger partial charge in [-0.15, -0.1) is 10.2 Å². The van der Waals surface area contributed by atoms with Crippen molar-refractivity contribution in [2.45, 2.75) is 12.8 Å². The lowest BCUT2D eigenvalue weighted by molar-refractivity contribution is -0.120. The van der Waals surface area contributed by atoms with Gasteiger partial charge in [-0.1, -0.05) is 41.4 Å². The number of hydrogen-bond acceptors (Lipinski definition) is 4.